The fourth-order valence-corrected chi connectivity index (χ4v) is 5.47. The summed E-state index contributed by atoms with van der Waals surface area (Å²) in [5, 5.41) is 8.74. The Labute approximate surface area is 232 Å². The summed E-state index contributed by atoms with van der Waals surface area (Å²) in [6, 6.07) is 17.4. The van der Waals surface area contributed by atoms with E-state index < -0.39 is 0 Å². The number of carbonyl (C=O) groups is 2. The van der Waals surface area contributed by atoms with Gasteiger partial charge < -0.3 is 19.6 Å². The smallest absolute Gasteiger partial charge is 0.253 e. The molecule has 0 spiro atoms. The van der Waals surface area contributed by atoms with Crippen LogP contribution >= 0.6 is 0 Å². The van der Waals surface area contributed by atoms with Crippen LogP contribution in [0.3, 0.4) is 0 Å². The Morgan fingerprint density at radius 3 is 2.75 bits per heavy atom. The summed E-state index contributed by atoms with van der Waals surface area (Å²) in [6.45, 7) is 3.90. The van der Waals surface area contributed by atoms with E-state index in [-0.39, 0.29) is 24.3 Å². The quantitative estimate of drug-likeness (QED) is 0.299. The fourth-order valence-electron chi connectivity index (χ4n) is 5.47. The Hall–Kier alpha value is -4.66. The number of fused-ring (bicyclic) bond motifs is 1. The third kappa shape index (κ3) is 5.40. The van der Waals surface area contributed by atoms with Gasteiger partial charge in [-0.25, -0.2) is 0 Å². The molecule has 0 saturated carbocycles. The summed E-state index contributed by atoms with van der Waals surface area (Å²) in [5.74, 6) is 0.718. The Morgan fingerprint density at radius 1 is 1.07 bits per heavy atom. The van der Waals surface area contributed by atoms with Crippen LogP contribution in [-0.2, 0) is 17.8 Å². The van der Waals surface area contributed by atoms with Crippen molar-refractivity contribution in [3.63, 3.8) is 0 Å². The van der Waals surface area contributed by atoms with Gasteiger partial charge in [0.25, 0.3) is 5.91 Å². The van der Waals surface area contributed by atoms with Gasteiger partial charge in [0.05, 0.1) is 17.5 Å². The van der Waals surface area contributed by atoms with E-state index in [4.69, 9.17) is 9.40 Å². The van der Waals surface area contributed by atoms with Gasteiger partial charge in [0.1, 0.15) is 12.2 Å². The molecule has 1 aromatic carbocycles. The van der Waals surface area contributed by atoms with Crippen molar-refractivity contribution in [2.24, 2.45) is 0 Å². The molecule has 40 heavy (non-hydrogen) atoms. The second-order valence-corrected chi connectivity index (χ2v) is 10.3. The highest BCUT2D eigenvalue weighted by molar-refractivity contribution is 5.95. The summed E-state index contributed by atoms with van der Waals surface area (Å²) in [5.41, 5.74) is 5.32. The Bertz CT molecular complexity index is 1630. The molecule has 5 aromatic rings. The van der Waals surface area contributed by atoms with Crippen LogP contribution < -0.4 is 5.32 Å². The van der Waals surface area contributed by atoms with Gasteiger partial charge in [0.2, 0.25) is 5.91 Å². The molecule has 0 bridgehead atoms. The highest BCUT2D eigenvalue weighted by Crippen LogP contribution is 2.30. The first kappa shape index (κ1) is 25.6. The van der Waals surface area contributed by atoms with Gasteiger partial charge in [-0.15, -0.1) is 0 Å². The number of pyridine rings is 1. The molecule has 1 fully saturated rings. The molecular formula is C31H32N6O3. The normalized spacial score (nSPS) is 14.1. The van der Waals surface area contributed by atoms with Gasteiger partial charge in [-0.2, -0.15) is 5.10 Å². The fraction of sp³-hybridized carbons (Fsp3) is 0.290. The van der Waals surface area contributed by atoms with Crippen molar-refractivity contribution in [2.75, 3.05) is 19.6 Å². The minimum atomic E-state index is -0.105. The highest BCUT2D eigenvalue weighted by atomic mass is 16.3. The average molecular weight is 537 g/mol. The number of aryl methyl sites for hydroxylation is 1. The maximum absolute atomic E-state index is 13.2. The van der Waals surface area contributed by atoms with E-state index in [1.165, 1.54) is 10.9 Å². The summed E-state index contributed by atoms with van der Waals surface area (Å²) >= 11 is 0. The van der Waals surface area contributed by atoms with Gasteiger partial charge in [-0.05, 0) is 68.1 Å². The lowest BCUT2D eigenvalue weighted by atomic mass is 9.89. The number of nitrogens with zero attached hydrogens (tertiary/aromatic N) is 4. The number of rotatable bonds is 8. The number of furan rings is 1. The van der Waals surface area contributed by atoms with Crippen molar-refractivity contribution >= 4 is 22.7 Å². The zero-order valence-corrected chi connectivity index (χ0v) is 22.5. The molecule has 2 amide bonds. The number of piperidine rings is 1. The second-order valence-electron chi connectivity index (χ2n) is 10.3. The lowest BCUT2D eigenvalue weighted by Crippen LogP contribution is -2.40. The largest absolute Gasteiger partial charge is 0.463 e. The molecule has 1 saturated heterocycles. The molecule has 9 nitrogen and oxygen atoms in total. The minimum absolute atomic E-state index is 0.0278. The molecule has 4 aromatic heterocycles. The van der Waals surface area contributed by atoms with Crippen molar-refractivity contribution < 1.29 is 14.0 Å². The first-order valence-corrected chi connectivity index (χ1v) is 13.7. The topological polar surface area (TPSA) is 109 Å². The van der Waals surface area contributed by atoms with E-state index in [2.05, 4.69) is 27.5 Å². The summed E-state index contributed by atoms with van der Waals surface area (Å²) in [6.07, 6.45) is 7.66. The number of benzene rings is 1. The maximum Gasteiger partial charge on any atom is 0.253 e. The van der Waals surface area contributed by atoms with Gasteiger partial charge in [0.15, 0.2) is 5.76 Å². The summed E-state index contributed by atoms with van der Waals surface area (Å²) in [4.78, 5) is 36.2. The molecule has 1 aliphatic heterocycles. The first-order chi connectivity index (χ1) is 19.5. The number of hydrogen-bond donors (Lipinski definition) is 2. The summed E-state index contributed by atoms with van der Waals surface area (Å²) < 4.78 is 7.04. The van der Waals surface area contributed by atoms with E-state index in [0.29, 0.717) is 36.7 Å². The van der Waals surface area contributed by atoms with Crippen LogP contribution in [0.2, 0.25) is 0 Å². The number of hydrogen-bond acceptors (Lipinski definition) is 5. The molecule has 5 heterocycles. The molecule has 0 unspecified atom stereocenters. The molecule has 0 radical (unpaired) electrons. The number of nitrogens with one attached hydrogen (secondary N) is 2. The van der Waals surface area contributed by atoms with Crippen LogP contribution in [0.5, 0.6) is 0 Å². The molecule has 9 heteroatoms. The van der Waals surface area contributed by atoms with Crippen LogP contribution in [0.1, 0.15) is 46.1 Å². The summed E-state index contributed by atoms with van der Waals surface area (Å²) in [7, 11) is 0. The lowest BCUT2D eigenvalue weighted by molar-refractivity contribution is -0.133. The van der Waals surface area contributed by atoms with Crippen LogP contribution in [-0.4, -0.2) is 56.1 Å². The van der Waals surface area contributed by atoms with E-state index in [0.717, 1.165) is 36.2 Å². The van der Waals surface area contributed by atoms with Crippen molar-refractivity contribution in [1.29, 1.82) is 0 Å². The van der Waals surface area contributed by atoms with E-state index >= 15 is 0 Å². The monoisotopic (exact) mass is 536 g/mol. The van der Waals surface area contributed by atoms with Crippen molar-refractivity contribution in [3.05, 3.63) is 95.8 Å². The van der Waals surface area contributed by atoms with Crippen LogP contribution in [0, 0.1) is 6.92 Å². The first-order valence-electron chi connectivity index (χ1n) is 13.7. The average Bonchev–Trinajstić information content (AvgIpc) is 3.75. The minimum Gasteiger partial charge on any atom is -0.463 e. The Balaban J connectivity index is 1.06. The Kier molecular flexibility index (Phi) is 7.18. The second kappa shape index (κ2) is 11.2. The van der Waals surface area contributed by atoms with E-state index in [1.807, 2.05) is 60.5 Å². The molecule has 0 aliphatic carbocycles. The molecule has 6 rings (SSSR count). The Morgan fingerprint density at radius 2 is 1.93 bits per heavy atom. The number of likely N-dealkylation sites (tertiary alicyclic amines) is 1. The number of aromatic amines is 1. The predicted molar refractivity (Wildman–Crippen MR) is 152 cm³/mol. The van der Waals surface area contributed by atoms with Crippen molar-refractivity contribution in [2.45, 2.75) is 38.6 Å². The lowest BCUT2D eigenvalue weighted by Gasteiger charge is -2.32. The van der Waals surface area contributed by atoms with Crippen molar-refractivity contribution in [1.82, 2.24) is 30.0 Å². The third-order valence-electron chi connectivity index (χ3n) is 7.61. The van der Waals surface area contributed by atoms with Crippen LogP contribution in [0.15, 0.2) is 77.7 Å². The number of para-hydroxylation sites is 1. The van der Waals surface area contributed by atoms with Crippen molar-refractivity contribution in [3.8, 4) is 11.5 Å². The number of amides is 2. The molecule has 204 valence electrons. The zero-order chi connectivity index (χ0) is 27.5. The predicted octanol–water partition coefficient (Wildman–Crippen LogP) is 4.71. The zero-order valence-electron chi connectivity index (χ0n) is 22.5. The molecule has 1 aliphatic rings. The third-order valence-corrected chi connectivity index (χ3v) is 7.61. The number of aromatic nitrogens is 4. The van der Waals surface area contributed by atoms with E-state index in [9.17, 15) is 9.59 Å². The highest BCUT2D eigenvalue weighted by Gasteiger charge is 2.28. The number of H-pyrrole nitrogens is 1. The van der Waals surface area contributed by atoms with Crippen LogP contribution in [0.25, 0.3) is 22.4 Å². The standard InChI is InChI=1S/C31H32N6O3/c1-21-8-9-25(31(39)32-14-10-23-19-33-26-6-3-2-5-24(23)26)30(34-21)22-11-15-36(16-12-22)29(38)20-37-17-13-27(35-37)28-7-4-18-40-28/h2-9,13,17-19,22,33H,10-12,14-16,20H2,1H3,(H,32,39). The van der Waals surface area contributed by atoms with Gasteiger partial charge in [-0.1, -0.05) is 18.2 Å². The maximum atomic E-state index is 13.2. The van der Waals surface area contributed by atoms with Gasteiger partial charge in [0, 0.05) is 54.5 Å². The molecular weight excluding hydrogens is 504 g/mol. The van der Waals surface area contributed by atoms with Crippen LogP contribution in [0.4, 0.5) is 0 Å². The van der Waals surface area contributed by atoms with Gasteiger partial charge in [-0.3, -0.25) is 19.3 Å². The SMILES string of the molecule is Cc1ccc(C(=O)NCCc2c[nH]c3ccccc23)c(C2CCN(C(=O)Cn3ccc(-c4ccco4)n3)CC2)n1. The van der Waals surface area contributed by atoms with Gasteiger partial charge >= 0.3 is 0 Å². The molecule has 2 N–H and O–H groups in total. The van der Waals surface area contributed by atoms with E-state index in [1.54, 1.807) is 17.1 Å². The number of carbonyl (C=O) groups excluding carboxylic acids is 2. The molecule has 0 atom stereocenters.